The number of aromatic nitrogens is 2. The Morgan fingerprint density at radius 3 is 2.54 bits per heavy atom. The molecule has 0 amide bonds. The summed E-state index contributed by atoms with van der Waals surface area (Å²) in [7, 11) is -3.92. The molecule has 2 heterocycles. The van der Waals surface area contributed by atoms with E-state index in [0.717, 1.165) is 5.56 Å². The van der Waals surface area contributed by atoms with Gasteiger partial charge in [0.25, 0.3) is 0 Å². The molecule has 4 rings (SSSR count). The summed E-state index contributed by atoms with van der Waals surface area (Å²) in [5.74, 6) is 0. The Morgan fingerprint density at radius 2 is 1.79 bits per heavy atom. The van der Waals surface area contributed by atoms with E-state index in [4.69, 9.17) is 9.77 Å². The van der Waals surface area contributed by atoms with Crippen molar-refractivity contribution in [1.82, 2.24) is 32.2 Å². The maximum Gasteiger partial charge on any atom is 0.238 e. The standard InChI is InChI=1S/C13H13N7O3S/c14-24(21,22)11-3-1-2-8(12(11)13-15-19-20-16-13)7-4-5-9-10(6-7)18-23-17-9/h1-6,13,15-16,19-20H,(H2,14,21,22). The van der Waals surface area contributed by atoms with Crippen LogP contribution in [0.4, 0.5) is 0 Å². The van der Waals surface area contributed by atoms with Gasteiger partial charge in [-0.1, -0.05) is 18.2 Å². The summed E-state index contributed by atoms with van der Waals surface area (Å²) in [4.78, 5) is 0.0221. The fourth-order valence-corrected chi connectivity index (χ4v) is 3.49. The number of hydrogen-bond donors (Lipinski definition) is 5. The molecule has 1 aliphatic rings. The molecule has 1 saturated heterocycles. The van der Waals surface area contributed by atoms with E-state index < -0.39 is 16.2 Å². The normalized spacial score (nSPS) is 16.0. The minimum Gasteiger partial charge on any atom is -0.243 e. The van der Waals surface area contributed by atoms with Crippen LogP contribution in [0.25, 0.3) is 22.2 Å². The van der Waals surface area contributed by atoms with E-state index in [-0.39, 0.29) is 4.90 Å². The molecular weight excluding hydrogens is 334 g/mol. The van der Waals surface area contributed by atoms with Crippen molar-refractivity contribution in [3.05, 3.63) is 42.0 Å². The van der Waals surface area contributed by atoms with Gasteiger partial charge in [-0.15, -0.1) is 0 Å². The molecule has 2 aromatic carbocycles. The van der Waals surface area contributed by atoms with Gasteiger partial charge in [0.05, 0.1) is 4.90 Å². The van der Waals surface area contributed by atoms with Crippen LogP contribution in [0.2, 0.25) is 0 Å². The summed E-state index contributed by atoms with van der Waals surface area (Å²) < 4.78 is 28.7. The number of hydrogen-bond acceptors (Lipinski definition) is 9. The van der Waals surface area contributed by atoms with Gasteiger partial charge in [0.2, 0.25) is 10.0 Å². The summed E-state index contributed by atoms with van der Waals surface area (Å²) in [6, 6.07) is 10.2. The molecule has 0 radical (unpaired) electrons. The third-order valence-electron chi connectivity index (χ3n) is 3.72. The molecule has 124 valence electrons. The molecule has 1 aromatic heterocycles. The quantitative estimate of drug-likeness (QED) is 0.429. The van der Waals surface area contributed by atoms with E-state index in [1.807, 2.05) is 6.07 Å². The number of sulfonamides is 1. The molecule has 11 heteroatoms. The first-order chi connectivity index (χ1) is 11.5. The largest absolute Gasteiger partial charge is 0.243 e. The summed E-state index contributed by atoms with van der Waals surface area (Å²) in [6.07, 6.45) is -0.513. The highest BCUT2D eigenvalue weighted by Gasteiger charge is 2.27. The second kappa shape index (κ2) is 5.59. The SMILES string of the molecule is NS(=O)(=O)c1cccc(-c2ccc3nonc3c2)c1C1NNNN1. The van der Waals surface area contributed by atoms with E-state index in [1.165, 1.54) is 6.07 Å². The van der Waals surface area contributed by atoms with E-state index >= 15 is 0 Å². The monoisotopic (exact) mass is 347 g/mol. The van der Waals surface area contributed by atoms with Gasteiger partial charge >= 0.3 is 0 Å². The van der Waals surface area contributed by atoms with Crippen molar-refractivity contribution in [3.8, 4) is 11.1 Å². The molecule has 0 atom stereocenters. The maximum absolute atomic E-state index is 12.0. The van der Waals surface area contributed by atoms with Crippen molar-refractivity contribution >= 4 is 21.1 Å². The van der Waals surface area contributed by atoms with Gasteiger partial charge in [-0.2, -0.15) is 11.1 Å². The molecule has 0 aliphatic carbocycles. The number of nitrogens with two attached hydrogens (primary N) is 1. The van der Waals surface area contributed by atoms with Crippen LogP contribution in [0.15, 0.2) is 45.9 Å². The van der Waals surface area contributed by atoms with Gasteiger partial charge < -0.3 is 0 Å². The smallest absolute Gasteiger partial charge is 0.238 e. The first kappa shape index (κ1) is 15.1. The highest BCUT2D eigenvalue weighted by molar-refractivity contribution is 7.89. The van der Waals surface area contributed by atoms with Crippen molar-refractivity contribution in [2.75, 3.05) is 0 Å². The van der Waals surface area contributed by atoms with Gasteiger partial charge in [-0.3, -0.25) is 0 Å². The van der Waals surface area contributed by atoms with Crippen molar-refractivity contribution < 1.29 is 13.0 Å². The average molecular weight is 347 g/mol. The lowest BCUT2D eigenvalue weighted by Crippen LogP contribution is -2.33. The van der Waals surface area contributed by atoms with Gasteiger partial charge in [0.1, 0.15) is 17.2 Å². The molecule has 0 spiro atoms. The van der Waals surface area contributed by atoms with E-state index in [1.54, 1.807) is 24.3 Å². The average Bonchev–Trinajstić information content (AvgIpc) is 3.24. The minimum atomic E-state index is -3.92. The molecule has 6 N–H and O–H groups in total. The lowest BCUT2D eigenvalue weighted by atomic mass is 9.97. The van der Waals surface area contributed by atoms with Gasteiger partial charge in [-0.25, -0.2) is 29.0 Å². The number of nitrogens with zero attached hydrogens (tertiary/aromatic N) is 2. The Kier molecular flexibility index (Phi) is 3.53. The van der Waals surface area contributed by atoms with Crippen LogP contribution >= 0.6 is 0 Å². The van der Waals surface area contributed by atoms with Crippen molar-refractivity contribution in [3.63, 3.8) is 0 Å². The Bertz CT molecular complexity index is 1010. The van der Waals surface area contributed by atoms with Crippen molar-refractivity contribution in [2.24, 2.45) is 5.14 Å². The zero-order chi connectivity index (χ0) is 16.7. The van der Waals surface area contributed by atoms with E-state index in [2.05, 4.69) is 32.2 Å². The number of nitrogens with one attached hydrogen (secondary N) is 4. The van der Waals surface area contributed by atoms with Crippen LogP contribution in [0.5, 0.6) is 0 Å². The molecule has 0 bridgehead atoms. The zero-order valence-corrected chi connectivity index (χ0v) is 13.0. The Hall–Kier alpha value is -2.41. The van der Waals surface area contributed by atoms with E-state index in [9.17, 15) is 8.42 Å². The molecule has 3 aromatic rings. The number of primary sulfonamides is 1. The van der Waals surface area contributed by atoms with Crippen LogP contribution in [0.1, 0.15) is 11.7 Å². The third-order valence-corrected chi connectivity index (χ3v) is 4.69. The summed E-state index contributed by atoms with van der Waals surface area (Å²) in [5, 5.41) is 13.0. The van der Waals surface area contributed by atoms with E-state index in [0.29, 0.717) is 22.2 Å². The Balaban J connectivity index is 1.96. The molecular formula is C13H13N7O3S. The summed E-state index contributed by atoms with van der Waals surface area (Å²) >= 11 is 0. The fourth-order valence-electron chi connectivity index (χ4n) is 2.69. The number of hydrazine groups is 3. The minimum absolute atomic E-state index is 0.0221. The predicted octanol–water partition coefficient (Wildman–Crippen LogP) is -0.347. The second-order valence-corrected chi connectivity index (χ2v) is 6.73. The first-order valence-corrected chi connectivity index (χ1v) is 8.48. The highest BCUT2D eigenvalue weighted by Crippen LogP contribution is 2.33. The number of benzene rings is 2. The third kappa shape index (κ3) is 2.54. The molecule has 24 heavy (non-hydrogen) atoms. The van der Waals surface area contributed by atoms with Gasteiger partial charge in [0, 0.05) is 5.56 Å². The lowest BCUT2D eigenvalue weighted by Gasteiger charge is -2.18. The molecule has 1 aliphatic heterocycles. The summed E-state index contributed by atoms with van der Waals surface area (Å²) in [6.45, 7) is 0. The second-order valence-electron chi connectivity index (χ2n) is 5.20. The Labute approximate surface area is 136 Å². The van der Waals surface area contributed by atoms with Crippen LogP contribution < -0.4 is 27.1 Å². The lowest BCUT2D eigenvalue weighted by molar-refractivity contribution is 0.315. The van der Waals surface area contributed by atoms with Gasteiger partial charge in [-0.05, 0) is 39.6 Å². The van der Waals surface area contributed by atoms with Crippen molar-refractivity contribution in [2.45, 2.75) is 11.1 Å². The van der Waals surface area contributed by atoms with Crippen molar-refractivity contribution in [1.29, 1.82) is 0 Å². The number of rotatable bonds is 3. The van der Waals surface area contributed by atoms with Crippen LogP contribution in [0.3, 0.4) is 0 Å². The molecule has 10 nitrogen and oxygen atoms in total. The molecule has 0 saturated carbocycles. The zero-order valence-electron chi connectivity index (χ0n) is 12.1. The topological polar surface area (TPSA) is 147 Å². The van der Waals surface area contributed by atoms with Crippen LogP contribution in [0, 0.1) is 0 Å². The maximum atomic E-state index is 12.0. The summed E-state index contributed by atoms with van der Waals surface area (Å²) in [5.41, 5.74) is 14.2. The first-order valence-electron chi connectivity index (χ1n) is 6.93. The fraction of sp³-hybridized carbons (Fsp3) is 0.0769. The van der Waals surface area contributed by atoms with Crippen LogP contribution in [-0.4, -0.2) is 18.7 Å². The van der Waals surface area contributed by atoms with Gasteiger partial charge in [0.15, 0.2) is 0 Å². The molecule has 0 unspecified atom stereocenters. The molecule has 1 fully saturated rings. The highest BCUT2D eigenvalue weighted by atomic mass is 32.2. The predicted molar refractivity (Wildman–Crippen MR) is 83.9 cm³/mol. The number of fused-ring (bicyclic) bond motifs is 1. The van der Waals surface area contributed by atoms with Crippen LogP contribution in [-0.2, 0) is 10.0 Å². The Morgan fingerprint density at radius 1 is 1.04 bits per heavy atom.